The first-order valence-electron chi connectivity index (χ1n) is 4.88. The van der Waals surface area contributed by atoms with Gasteiger partial charge < -0.3 is 15.9 Å². The number of carboxylic acid groups (broad SMARTS) is 1. The molecule has 0 saturated carbocycles. The van der Waals surface area contributed by atoms with E-state index in [1.807, 2.05) is 0 Å². The van der Waals surface area contributed by atoms with Crippen LogP contribution in [0.2, 0.25) is 0 Å². The lowest BCUT2D eigenvalue weighted by molar-refractivity contribution is -0.137. The molecule has 0 aliphatic rings. The smallest absolute Gasteiger partial charge is 0.303 e. The lowest BCUT2D eigenvalue weighted by atomic mass is 9.99. The summed E-state index contributed by atoms with van der Waals surface area (Å²) in [6, 6.07) is 1.66. The van der Waals surface area contributed by atoms with Crippen LogP contribution in [0.25, 0.3) is 0 Å². The molecule has 16 heavy (non-hydrogen) atoms. The van der Waals surface area contributed by atoms with E-state index in [0.29, 0.717) is 5.56 Å². The highest BCUT2D eigenvalue weighted by Gasteiger charge is 2.15. The third-order valence-electron chi connectivity index (χ3n) is 2.36. The fourth-order valence-electron chi connectivity index (χ4n) is 1.48. The number of aryl methyl sites for hydroxylation is 1. The highest BCUT2D eigenvalue weighted by atomic mass is 19.1. The Morgan fingerprint density at radius 2 is 2.19 bits per heavy atom. The van der Waals surface area contributed by atoms with E-state index in [1.54, 1.807) is 6.92 Å². The van der Waals surface area contributed by atoms with Crippen molar-refractivity contribution in [2.24, 2.45) is 5.73 Å². The lowest BCUT2D eigenvalue weighted by Crippen LogP contribution is -2.13. The summed E-state index contributed by atoms with van der Waals surface area (Å²) in [6.07, 6.45) is 0.0436. The van der Waals surface area contributed by atoms with Gasteiger partial charge in [0.2, 0.25) is 0 Å². The van der Waals surface area contributed by atoms with Crippen molar-refractivity contribution in [1.29, 1.82) is 0 Å². The van der Waals surface area contributed by atoms with Gasteiger partial charge in [0.1, 0.15) is 11.6 Å². The lowest BCUT2D eigenvalue weighted by Gasteiger charge is -2.14. The zero-order valence-electron chi connectivity index (χ0n) is 8.90. The summed E-state index contributed by atoms with van der Waals surface area (Å²) in [4.78, 5) is 10.4. The number of nitrogens with two attached hydrogens (primary N) is 1. The molecular weight excluding hydrogens is 213 g/mol. The molecule has 4 nitrogen and oxygen atoms in total. The predicted octanol–water partition coefficient (Wildman–Crippen LogP) is 1.70. The number of phenols is 1. The van der Waals surface area contributed by atoms with Gasteiger partial charge in [0.25, 0.3) is 0 Å². The molecule has 1 atom stereocenters. The number of aliphatic carboxylic acids is 1. The molecule has 1 aromatic carbocycles. The quantitative estimate of drug-likeness (QED) is 0.731. The van der Waals surface area contributed by atoms with Crippen molar-refractivity contribution in [3.05, 3.63) is 29.1 Å². The number of carbonyl (C=O) groups is 1. The van der Waals surface area contributed by atoms with Gasteiger partial charge in [-0.15, -0.1) is 0 Å². The molecular formula is C11H14FNO3. The van der Waals surface area contributed by atoms with Crippen LogP contribution in [-0.2, 0) is 4.79 Å². The number of phenolic OH excluding ortho intramolecular Hbond substituents is 1. The van der Waals surface area contributed by atoms with Crippen LogP contribution in [0.4, 0.5) is 4.39 Å². The van der Waals surface area contributed by atoms with E-state index in [-0.39, 0.29) is 24.2 Å². The van der Waals surface area contributed by atoms with Gasteiger partial charge in [0.15, 0.2) is 0 Å². The number of hydrogen-bond acceptors (Lipinski definition) is 3. The summed E-state index contributed by atoms with van der Waals surface area (Å²) in [5, 5.41) is 18.2. The van der Waals surface area contributed by atoms with E-state index in [9.17, 15) is 14.3 Å². The maximum atomic E-state index is 13.1. The highest BCUT2D eigenvalue weighted by molar-refractivity contribution is 5.66. The molecule has 1 rings (SSSR count). The third-order valence-corrected chi connectivity index (χ3v) is 2.36. The molecule has 0 amide bonds. The van der Waals surface area contributed by atoms with Gasteiger partial charge >= 0.3 is 5.97 Å². The first-order valence-corrected chi connectivity index (χ1v) is 4.88. The van der Waals surface area contributed by atoms with E-state index < -0.39 is 17.8 Å². The minimum Gasteiger partial charge on any atom is -0.507 e. The van der Waals surface area contributed by atoms with Crippen molar-refractivity contribution in [3.63, 3.8) is 0 Å². The number of benzene rings is 1. The third kappa shape index (κ3) is 2.93. The van der Waals surface area contributed by atoms with Gasteiger partial charge in [-0.05, 0) is 31.0 Å². The SMILES string of the molecule is Cc1cc(F)cc(C(N)CCC(=O)O)c1O. The fraction of sp³-hybridized carbons (Fsp3) is 0.364. The predicted molar refractivity (Wildman–Crippen MR) is 56.6 cm³/mol. The standard InChI is InChI=1S/C11H14FNO3/c1-6-4-7(12)5-8(11(6)16)9(13)2-3-10(14)15/h4-5,9,16H,2-3,13H2,1H3,(H,14,15). The summed E-state index contributed by atoms with van der Waals surface area (Å²) >= 11 is 0. The summed E-state index contributed by atoms with van der Waals surface area (Å²) in [6.45, 7) is 1.56. The van der Waals surface area contributed by atoms with E-state index >= 15 is 0 Å². The molecule has 4 N–H and O–H groups in total. The molecule has 0 bridgehead atoms. The van der Waals surface area contributed by atoms with Crippen LogP contribution in [0.15, 0.2) is 12.1 Å². The van der Waals surface area contributed by atoms with E-state index in [4.69, 9.17) is 10.8 Å². The number of hydrogen-bond donors (Lipinski definition) is 3. The van der Waals surface area contributed by atoms with Crippen molar-refractivity contribution in [3.8, 4) is 5.75 Å². The molecule has 0 aromatic heterocycles. The summed E-state index contributed by atoms with van der Waals surface area (Å²) in [5.41, 5.74) is 6.33. The molecule has 0 aliphatic heterocycles. The Balaban J connectivity index is 2.90. The Morgan fingerprint density at radius 1 is 1.56 bits per heavy atom. The zero-order valence-corrected chi connectivity index (χ0v) is 8.90. The molecule has 1 unspecified atom stereocenters. The van der Waals surface area contributed by atoms with Crippen molar-refractivity contribution in [2.45, 2.75) is 25.8 Å². The molecule has 88 valence electrons. The largest absolute Gasteiger partial charge is 0.507 e. The van der Waals surface area contributed by atoms with Crippen molar-refractivity contribution in [1.82, 2.24) is 0 Å². The van der Waals surface area contributed by atoms with Crippen LogP contribution in [0.5, 0.6) is 5.75 Å². The minimum atomic E-state index is -0.969. The van der Waals surface area contributed by atoms with Gasteiger partial charge in [-0.3, -0.25) is 4.79 Å². The Bertz CT molecular complexity index is 406. The number of rotatable bonds is 4. The van der Waals surface area contributed by atoms with Crippen LogP contribution in [0, 0.1) is 12.7 Å². The molecule has 0 aliphatic carbocycles. The summed E-state index contributed by atoms with van der Waals surface area (Å²) < 4.78 is 13.1. The van der Waals surface area contributed by atoms with Gasteiger partial charge in [0.05, 0.1) is 0 Å². The number of carboxylic acids is 1. The van der Waals surface area contributed by atoms with Crippen LogP contribution >= 0.6 is 0 Å². The van der Waals surface area contributed by atoms with Crippen LogP contribution in [-0.4, -0.2) is 16.2 Å². The van der Waals surface area contributed by atoms with Gasteiger partial charge in [-0.25, -0.2) is 4.39 Å². The van der Waals surface area contributed by atoms with Crippen molar-refractivity contribution >= 4 is 5.97 Å². The second kappa shape index (κ2) is 4.94. The normalized spacial score (nSPS) is 12.4. The topological polar surface area (TPSA) is 83.6 Å². The molecule has 0 fully saturated rings. The first-order chi connectivity index (χ1) is 7.41. The number of aromatic hydroxyl groups is 1. The number of halogens is 1. The van der Waals surface area contributed by atoms with Crippen LogP contribution in [0.3, 0.4) is 0 Å². The molecule has 1 aromatic rings. The van der Waals surface area contributed by atoms with Gasteiger partial charge in [0, 0.05) is 18.0 Å². The Morgan fingerprint density at radius 3 is 2.75 bits per heavy atom. The Kier molecular flexibility index (Phi) is 3.84. The average molecular weight is 227 g/mol. The van der Waals surface area contributed by atoms with Crippen LogP contribution in [0.1, 0.15) is 30.0 Å². The van der Waals surface area contributed by atoms with E-state index in [2.05, 4.69) is 0 Å². The Labute approximate surface area is 92.5 Å². The molecule has 0 heterocycles. The molecule has 0 spiro atoms. The second-order valence-corrected chi connectivity index (χ2v) is 3.70. The fourth-order valence-corrected chi connectivity index (χ4v) is 1.48. The minimum absolute atomic E-state index is 0.0701. The Hall–Kier alpha value is -1.62. The monoisotopic (exact) mass is 227 g/mol. The maximum Gasteiger partial charge on any atom is 0.303 e. The highest BCUT2D eigenvalue weighted by Crippen LogP contribution is 2.29. The van der Waals surface area contributed by atoms with Crippen molar-refractivity contribution in [2.75, 3.05) is 0 Å². The van der Waals surface area contributed by atoms with Gasteiger partial charge in [-0.2, -0.15) is 0 Å². The van der Waals surface area contributed by atoms with Gasteiger partial charge in [-0.1, -0.05) is 0 Å². The van der Waals surface area contributed by atoms with Crippen molar-refractivity contribution < 1.29 is 19.4 Å². The molecule has 0 saturated heterocycles. The summed E-state index contributed by atoms with van der Waals surface area (Å²) in [7, 11) is 0. The van der Waals surface area contributed by atoms with E-state index in [0.717, 1.165) is 6.07 Å². The maximum absolute atomic E-state index is 13.1. The molecule has 0 radical (unpaired) electrons. The van der Waals surface area contributed by atoms with Crippen LogP contribution < -0.4 is 5.73 Å². The van der Waals surface area contributed by atoms with E-state index in [1.165, 1.54) is 6.07 Å². The zero-order chi connectivity index (χ0) is 12.3. The molecule has 5 heteroatoms. The summed E-state index contributed by atoms with van der Waals surface area (Å²) in [5.74, 6) is -1.53. The first kappa shape index (κ1) is 12.4. The average Bonchev–Trinajstić information content (AvgIpc) is 2.19. The second-order valence-electron chi connectivity index (χ2n) is 3.70.